The van der Waals surface area contributed by atoms with Crippen LogP contribution in [0.15, 0.2) is 115 Å². The molecule has 210 valence electrons. The van der Waals surface area contributed by atoms with Gasteiger partial charge in [-0.1, -0.05) is 66.7 Å². The Morgan fingerprint density at radius 1 is 0.976 bits per heavy atom. The number of fused-ring (bicyclic) bond motifs is 1. The van der Waals surface area contributed by atoms with E-state index in [9.17, 15) is 9.18 Å². The number of hydrogen-bond acceptors (Lipinski definition) is 5. The zero-order valence-corrected chi connectivity index (χ0v) is 23.2. The Morgan fingerprint density at radius 3 is 2.57 bits per heavy atom. The Morgan fingerprint density at radius 2 is 1.79 bits per heavy atom. The van der Waals surface area contributed by atoms with E-state index in [2.05, 4.69) is 17.1 Å². The molecule has 0 fully saturated rings. The molecule has 1 heterocycles. The van der Waals surface area contributed by atoms with Crippen molar-refractivity contribution in [2.24, 2.45) is 5.10 Å². The van der Waals surface area contributed by atoms with Gasteiger partial charge in [0.25, 0.3) is 5.91 Å². The fraction of sp³-hybridized carbons (Fsp3) is 0.114. The number of nitrogens with zero attached hydrogens (tertiary/aromatic N) is 2. The molecule has 0 bridgehead atoms. The van der Waals surface area contributed by atoms with E-state index in [0.717, 1.165) is 22.0 Å². The van der Waals surface area contributed by atoms with Crippen molar-refractivity contribution in [3.63, 3.8) is 0 Å². The lowest BCUT2D eigenvalue weighted by atomic mass is 10.0. The van der Waals surface area contributed by atoms with Crippen LogP contribution in [0.25, 0.3) is 22.2 Å². The summed E-state index contributed by atoms with van der Waals surface area (Å²) < 4.78 is 25.6. The van der Waals surface area contributed by atoms with Crippen LogP contribution in [0.5, 0.6) is 11.5 Å². The monoisotopic (exact) mass is 559 g/mol. The summed E-state index contributed by atoms with van der Waals surface area (Å²) in [5, 5.41) is 4.99. The Bertz CT molecular complexity index is 1750. The highest BCUT2D eigenvalue weighted by molar-refractivity contribution is 6.07. The van der Waals surface area contributed by atoms with Crippen molar-refractivity contribution in [1.82, 2.24) is 10.4 Å². The molecule has 0 unspecified atom stereocenters. The van der Waals surface area contributed by atoms with Crippen molar-refractivity contribution in [3.8, 4) is 22.8 Å². The highest BCUT2D eigenvalue weighted by atomic mass is 19.1. The molecule has 6 nitrogen and oxygen atoms in total. The maximum Gasteiger partial charge on any atom is 0.272 e. The number of allylic oxidation sites excluding steroid dienone is 1. The Kier molecular flexibility index (Phi) is 8.99. The van der Waals surface area contributed by atoms with E-state index in [0.29, 0.717) is 46.9 Å². The van der Waals surface area contributed by atoms with Crippen LogP contribution in [0.4, 0.5) is 4.39 Å². The highest BCUT2D eigenvalue weighted by Crippen LogP contribution is 2.34. The maximum atomic E-state index is 13.7. The van der Waals surface area contributed by atoms with Crippen LogP contribution in [-0.2, 0) is 13.0 Å². The molecule has 0 aliphatic rings. The van der Waals surface area contributed by atoms with Crippen molar-refractivity contribution in [2.45, 2.75) is 20.0 Å². The number of benzene rings is 4. The van der Waals surface area contributed by atoms with E-state index in [1.165, 1.54) is 12.1 Å². The molecule has 0 saturated carbocycles. The summed E-state index contributed by atoms with van der Waals surface area (Å²) >= 11 is 0. The molecular weight excluding hydrogens is 529 g/mol. The quantitative estimate of drug-likeness (QED) is 0.103. The van der Waals surface area contributed by atoms with Gasteiger partial charge in [-0.25, -0.2) is 14.8 Å². The van der Waals surface area contributed by atoms with Gasteiger partial charge in [0.05, 0.1) is 29.6 Å². The molecule has 5 rings (SSSR count). The zero-order chi connectivity index (χ0) is 29.3. The number of amides is 1. The molecule has 0 aliphatic carbocycles. The summed E-state index contributed by atoms with van der Waals surface area (Å²) in [6.07, 6.45) is 3.84. The second kappa shape index (κ2) is 13.4. The fourth-order valence-corrected chi connectivity index (χ4v) is 4.62. The summed E-state index contributed by atoms with van der Waals surface area (Å²) in [6, 6.07) is 29.0. The van der Waals surface area contributed by atoms with Crippen LogP contribution in [0.1, 0.15) is 34.0 Å². The topological polar surface area (TPSA) is 72.8 Å². The molecular formula is C35H30FN3O3. The number of ether oxygens (including phenoxy) is 2. The van der Waals surface area contributed by atoms with Gasteiger partial charge >= 0.3 is 0 Å². The standard InChI is InChI=1S/C35H30FN3O3/c1-3-11-27-18-25(20-33(41-4-2)34(27)42-23-24-12-10-15-28(36)19-24)22-37-39-35(40)30-21-32(26-13-6-5-7-14-26)38-31-17-9-8-16-29(30)31/h3,5-10,12-22H,1,4,11,23H2,2H3,(H,39,40)/b37-22+. The van der Waals surface area contributed by atoms with Gasteiger partial charge in [-0.2, -0.15) is 5.10 Å². The summed E-state index contributed by atoms with van der Waals surface area (Å²) in [4.78, 5) is 18.1. The Labute approximate surface area is 244 Å². The van der Waals surface area contributed by atoms with Gasteiger partial charge in [0, 0.05) is 16.5 Å². The number of aromatic nitrogens is 1. The number of pyridine rings is 1. The van der Waals surface area contributed by atoms with E-state index in [4.69, 9.17) is 14.5 Å². The van der Waals surface area contributed by atoms with Gasteiger partial charge in [-0.3, -0.25) is 4.79 Å². The van der Waals surface area contributed by atoms with Gasteiger partial charge in [0.2, 0.25) is 0 Å². The lowest BCUT2D eigenvalue weighted by Gasteiger charge is -2.17. The van der Waals surface area contributed by atoms with Crippen molar-refractivity contribution in [1.29, 1.82) is 0 Å². The third-order valence-corrected chi connectivity index (χ3v) is 6.50. The molecule has 4 aromatic carbocycles. The van der Waals surface area contributed by atoms with Crippen molar-refractivity contribution >= 4 is 23.0 Å². The molecule has 0 radical (unpaired) electrons. The van der Waals surface area contributed by atoms with Crippen molar-refractivity contribution in [2.75, 3.05) is 6.61 Å². The highest BCUT2D eigenvalue weighted by Gasteiger charge is 2.15. The third kappa shape index (κ3) is 6.70. The molecule has 0 spiro atoms. The van der Waals surface area contributed by atoms with Crippen LogP contribution in [0.3, 0.4) is 0 Å². The first-order valence-electron chi connectivity index (χ1n) is 13.6. The molecule has 0 aliphatic heterocycles. The summed E-state index contributed by atoms with van der Waals surface area (Å²) in [6.45, 7) is 6.34. The third-order valence-electron chi connectivity index (χ3n) is 6.50. The smallest absolute Gasteiger partial charge is 0.272 e. The molecule has 1 amide bonds. The predicted octanol–water partition coefficient (Wildman–Crippen LogP) is 7.51. The van der Waals surface area contributed by atoms with Crippen LogP contribution in [-0.4, -0.2) is 23.7 Å². The lowest BCUT2D eigenvalue weighted by molar-refractivity contribution is 0.0956. The van der Waals surface area contributed by atoms with Gasteiger partial charge in [0.1, 0.15) is 12.4 Å². The molecule has 42 heavy (non-hydrogen) atoms. The SMILES string of the molecule is C=CCc1cc(/C=N/NC(=O)c2cc(-c3ccccc3)nc3ccccc23)cc(OCC)c1OCc1cccc(F)c1. The first kappa shape index (κ1) is 28.2. The van der Waals surface area contributed by atoms with E-state index in [1.54, 1.807) is 36.6 Å². The van der Waals surface area contributed by atoms with Crippen molar-refractivity contribution in [3.05, 3.63) is 138 Å². The van der Waals surface area contributed by atoms with E-state index in [-0.39, 0.29) is 18.3 Å². The predicted molar refractivity (Wildman–Crippen MR) is 164 cm³/mol. The normalized spacial score (nSPS) is 11.0. The number of carbonyl (C=O) groups is 1. The zero-order valence-electron chi connectivity index (χ0n) is 23.2. The minimum Gasteiger partial charge on any atom is -0.490 e. The summed E-state index contributed by atoms with van der Waals surface area (Å²) in [7, 11) is 0. The number of hydrogen-bond donors (Lipinski definition) is 1. The Hall–Kier alpha value is -5.30. The molecule has 0 atom stereocenters. The molecule has 5 aromatic rings. The minimum absolute atomic E-state index is 0.177. The van der Waals surface area contributed by atoms with E-state index >= 15 is 0 Å². The average molecular weight is 560 g/mol. The summed E-state index contributed by atoms with van der Waals surface area (Å²) in [5.74, 6) is 0.401. The first-order chi connectivity index (χ1) is 20.6. The number of carbonyl (C=O) groups excluding carboxylic acids is 1. The molecule has 7 heteroatoms. The minimum atomic E-state index is -0.353. The largest absolute Gasteiger partial charge is 0.490 e. The number of hydrazone groups is 1. The fourth-order valence-electron chi connectivity index (χ4n) is 4.62. The van der Waals surface area contributed by atoms with Gasteiger partial charge in [0.15, 0.2) is 11.5 Å². The molecule has 1 N–H and O–H groups in total. The second-order valence-electron chi connectivity index (χ2n) is 9.49. The summed E-state index contributed by atoms with van der Waals surface area (Å²) in [5.41, 5.74) is 7.71. The Balaban J connectivity index is 1.40. The van der Waals surface area contributed by atoms with E-state index in [1.807, 2.05) is 67.6 Å². The van der Waals surface area contributed by atoms with Gasteiger partial charge < -0.3 is 9.47 Å². The lowest BCUT2D eigenvalue weighted by Crippen LogP contribution is -2.18. The first-order valence-corrected chi connectivity index (χ1v) is 13.6. The number of halogens is 1. The van der Waals surface area contributed by atoms with Crippen LogP contribution >= 0.6 is 0 Å². The van der Waals surface area contributed by atoms with Gasteiger partial charge in [-0.15, -0.1) is 6.58 Å². The number of nitrogens with one attached hydrogen (secondary N) is 1. The van der Waals surface area contributed by atoms with Crippen LogP contribution < -0.4 is 14.9 Å². The number of para-hydroxylation sites is 1. The van der Waals surface area contributed by atoms with Gasteiger partial charge in [-0.05, 0) is 60.9 Å². The molecule has 0 saturated heterocycles. The van der Waals surface area contributed by atoms with Crippen molar-refractivity contribution < 1.29 is 18.7 Å². The average Bonchev–Trinajstić information content (AvgIpc) is 3.01. The second-order valence-corrected chi connectivity index (χ2v) is 9.49. The molecule has 1 aromatic heterocycles. The van der Waals surface area contributed by atoms with Crippen LogP contribution in [0, 0.1) is 5.82 Å². The van der Waals surface area contributed by atoms with Crippen LogP contribution in [0.2, 0.25) is 0 Å². The van der Waals surface area contributed by atoms with E-state index < -0.39 is 0 Å². The maximum absolute atomic E-state index is 13.7. The number of rotatable bonds is 11.